The number of nitrogens with zero attached hydrogens (tertiary/aromatic N) is 2. The summed E-state index contributed by atoms with van der Waals surface area (Å²) in [6.45, 7) is 6.21. The van der Waals surface area contributed by atoms with E-state index in [2.05, 4.69) is 0 Å². The highest BCUT2D eigenvalue weighted by Gasteiger charge is 2.39. The van der Waals surface area contributed by atoms with E-state index in [0.717, 1.165) is 16.8 Å². The molecule has 39 heavy (non-hydrogen) atoms. The van der Waals surface area contributed by atoms with Crippen LogP contribution in [-0.4, -0.2) is 41.7 Å². The molecular formula is C30H29ClN2O5S. The molecule has 9 heteroatoms. The van der Waals surface area contributed by atoms with Gasteiger partial charge in [0, 0.05) is 11.8 Å². The van der Waals surface area contributed by atoms with E-state index >= 15 is 0 Å². The summed E-state index contributed by atoms with van der Waals surface area (Å²) in [6.07, 6.45) is 1.69. The number of carbonyl (C=O) groups is 2. The maximum absolute atomic E-state index is 13.8. The van der Waals surface area contributed by atoms with E-state index in [0.29, 0.717) is 46.0 Å². The summed E-state index contributed by atoms with van der Waals surface area (Å²) >= 11 is 12.5. The van der Waals surface area contributed by atoms with E-state index < -0.39 is 5.97 Å². The molecule has 3 aromatic rings. The highest BCUT2D eigenvalue weighted by atomic mass is 35.5. The van der Waals surface area contributed by atoms with Gasteiger partial charge in [-0.15, -0.1) is 0 Å². The van der Waals surface area contributed by atoms with Crippen molar-refractivity contribution in [3.05, 3.63) is 94.1 Å². The molecule has 1 saturated heterocycles. The van der Waals surface area contributed by atoms with Crippen LogP contribution in [0.15, 0.2) is 72.4 Å². The number of halogens is 1. The Kier molecular flexibility index (Phi) is 9.22. The summed E-state index contributed by atoms with van der Waals surface area (Å²) in [4.78, 5) is 28.9. The Balaban J connectivity index is 1.74. The molecule has 0 spiro atoms. The summed E-state index contributed by atoms with van der Waals surface area (Å²) in [6, 6.07) is 20.7. The van der Waals surface area contributed by atoms with Crippen molar-refractivity contribution in [2.45, 2.75) is 27.3 Å². The predicted molar refractivity (Wildman–Crippen MR) is 156 cm³/mol. The Bertz CT molecular complexity index is 1390. The minimum absolute atomic E-state index is 0.249. The SMILES string of the molecule is CCOC(=O)COc1cc(Cl)c(C=C2C(=O)N(Cc3ccccc3)C(=S)N2c2ccc(C)cc2)cc1OCC. The fourth-order valence-electron chi connectivity index (χ4n) is 4.05. The van der Waals surface area contributed by atoms with E-state index in [4.69, 9.17) is 38.0 Å². The molecular weight excluding hydrogens is 536 g/mol. The number of thiocarbonyl (C=S) groups is 1. The molecule has 1 fully saturated rings. The second-order valence-electron chi connectivity index (χ2n) is 8.71. The van der Waals surface area contributed by atoms with Crippen LogP contribution in [0.1, 0.15) is 30.5 Å². The number of hydrogen-bond donors (Lipinski definition) is 0. The zero-order chi connectivity index (χ0) is 27.9. The van der Waals surface area contributed by atoms with Gasteiger partial charge in [-0.25, -0.2) is 4.79 Å². The lowest BCUT2D eigenvalue weighted by molar-refractivity contribution is -0.145. The maximum atomic E-state index is 13.8. The molecule has 0 N–H and O–H groups in total. The van der Waals surface area contributed by atoms with Crippen LogP contribution in [0.2, 0.25) is 5.02 Å². The lowest BCUT2D eigenvalue weighted by Crippen LogP contribution is -2.32. The number of rotatable bonds is 10. The molecule has 3 aromatic carbocycles. The van der Waals surface area contributed by atoms with Crippen LogP contribution in [-0.2, 0) is 20.9 Å². The Hall–Kier alpha value is -3.88. The van der Waals surface area contributed by atoms with Crippen molar-refractivity contribution in [2.24, 2.45) is 0 Å². The summed E-state index contributed by atoms with van der Waals surface area (Å²) in [7, 11) is 0. The van der Waals surface area contributed by atoms with E-state index in [1.54, 1.807) is 34.9 Å². The summed E-state index contributed by atoms with van der Waals surface area (Å²) in [5, 5.41) is 0.684. The molecule has 7 nitrogen and oxygen atoms in total. The van der Waals surface area contributed by atoms with Crippen molar-refractivity contribution in [3.63, 3.8) is 0 Å². The van der Waals surface area contributed by atoms with Crippen LogP contribution in [0, 0.1) is 6.92 Å². The van der Waals surface area contributed by atoms with Crippen LogP contribution in [0.5, 0.6) is 11.5 Å². The highest BCUT2D eigenvalue weighted by Crippen LogP contribution is 2.37. The number of aryl methyl sites for hydroxylation is 1. The fourth-order valence-corrected chi connectivity index (χ4v) is 4.61. The molecule has 1 aliphatic heterocycles. The zero-order valence-corrected chi connectivity index (χ0v) is 23.6. The van der Waals surface area contributed by atoms with Gasteiger partial charge >= 0.3 is 5.97 Å². The van der Waals surface area contributed by atoms with Gasteiger partial charge in [0.15, 0.2) is 23.2 Å². The van der Waals surface area contributed by atoms with Crippen molar-refractivity contribution in [1.29, 1.82) is 0 Å². The van der Waals surface area contributed by atoms with Gasteiger partial charge in [-0.05, 0) is 68.4 Å². The molecule has 4 rings (SSSR count). The van der Waals surface area contributed by atoms with Crippen LogP contribution in [0.3, 0.4) is 0 Å². The third-order valence-corrected chi connectivity index (χ3v) is 6.64. The Morgan fingerprint density at radius 3 is 2.33 bits per heavy atom. The van der Waals surface area contributed by atoms with Crippen molar-refractivity contribution in [3.8, 4) is 11.5 Å². The molecule has 1 aliphatic rings. The van der Waals surface area contributed by atoms with Gasteiger partial charge in [0.25, 0.3) is 5.91 Å². The Morgan fingerprint density at radius 1 is 0.974 bits per heavy atom. The van der Waals surface area contributed by atoms with Gasteiger partial charge in [-0.1, -0.05) is 59.6 Å². The number of amides is 1. The molecule has 0 aromatic heterocycles. The largest absolute Gasteiger partial charge is 0.490 e. The summed E-state index contributed by atoms with van der Waals surface area (Å²) < 4.78 is 16.3. The molecule has 0 radical (unpaired) electrons. The van der Waals surface area contributed by atoms with Crippen molar-refractivity contribution < 1.29 is 23.8 Å². The van der Waals surface area contributed by atoms with Gasteiger partial charge in [0.05, 0.1) is 24.8 Å². The summed E-state index contributed by atoms with van der Waals surface area (Å²) in [5.74, 6) is -0.0683. The molecule has 0 aliphatic carbocycles. The first kappa shape index (κ1) is 28.1. The average Bonchev–Trinajstić information content (AvgIpc) is 3.15. The average molecular weight is 565 g/mol. The molecule has 0 unspecified atom stereocenters. The van der Waals surface area contributed by atoms with Gasteiger partial charge in [0.2, 0.25) is 0 Å². The van der Waals surface area contributed by atoms with Crippen LogP contribution in [0.4, 0.5) is 5.69 Å². The number of hydrogen-bond acceptors (Lipinski definition) is 6. The van der Waals surface area contributed by atoms with Crippen LogP contribution < -0.4 is 14.4 Å². The molecule has 0 atom stereocenters. The second kappa shape index (κ2) is 12.8. The smallest absolute Gasteiger partial charge is 0.344 e. The first-order valence-corrected chi connectivity index (χ1v) is 13.3. The van der Waals surface area contributed by atoms with Gasteiger partial charge in [-0.3, -0.25) is 14.6 Å². The molecule has 202 valence electrons. The normalized spacial score (nSPS) is 14.2. The highest BCUT2D eigenvalue weighted by molar-refractivity contribution is 7.80. The van der Waals surface area contributed by atoms with Crippen LogP contribution >= 0.6 is 23.8 Å². The van der Waals surface area contributed by atoms with Crippen molar-refractivity contribution >= 4 is 52.6 Å². The van der Waals surface area contributed by atoms with Gasteiger partial charge < -0.3 is 14.2 Å². The quantitative estimate of drug-likeness (QED) is 0.166. The van der Waals surface area contributed by atoms with Gasteiger partial charge in [-0.2, -0.15) is 0 Å². The number of carbonyl (C=O) groups excluding carboxylic acids is 2. The Labute approximate surface area is 238 Å². The fraction of sp³-hybridized carbons (Fsp3) is 0.233. The number of esters is 1. The van der Waals surface area contributed by atoms with Crippen LogP contribution in [0.25, 0.3) is 6.08 Å². The third kappa shape index (κ3) is 6.58. The molecule has 1 amide bonds. The monoisotopic (exact) mass is 564 g/mol. The first-order chi connectivity index (χ1) is 18.8. The predicted octanol–water partition coefficient (Wildman–Crippen LogP) is 6.16. The minimum Gasteiger partial charge on any atom is -0.490 e. The minimum atomic E-state index is -0.500. The van der Waals surface area contributed by atoms with E-state index in [9.17, 15) is 9.59 Å². The standard InChI is InChI=1S/C30H29ClN2O5S/c1-4-36-26-16-22(24(31)17-27(26)38-19-28(34)37-5-2)15-25-29(35)32(18-21-9-7-6-8-10-21)30(39)33(25)23-13-11-20(3)12-14-23/h6-17H,4-5,18-19H2,1-3H3. The van der Waals surface area contributed by atoms with E-state index in [1.807, 2.05) is 68.4 Å². The maximum Gasteiger partial charge on any atom is 0.344 e. The molecule has 0 saturated carbocycles. The van der Waals surface area contributed by atoms with E-state index in [-0.39, 0.29) is 19.1 Å². The topological polar surface area (TPSA) is 68.3 Å². The second-order valence-corrected chi connectivity index (χ2v) is 9.48. The number of anilines is 1. The number of benzene rings is 3. The Morgan fingerprint density at radius 2 is 1.67 bits per heavy atom. The third-order valence-electron chi connectivity index (χ3n) is 5.91. The lowest BCUT2D eigenvalue weighted by Gasteiger charge is -2.21. The molecule has 1 heterocycles. The molecule has 0 bridgehead atoms. The van der Waals surface area contributed by atoms with Crippen molar-refractivity contribution in [1.82, 2.24) is 4.90 Å². The van der Waals surface area contributed by atoms with E-state index in [1.165, 1.54) is 0 Å². The zero-order valence-electron chi connectivity index (χ0n) is 22.0. The van der Waals surface area contributed by atoms with Gasteiger partial charge in [0.1, 0.15) is 5.70 Å². The summed E-state index contributed by atoms with van der Waals surface area (Å²) in [5.41, 5.74) is 3.69. The number of ether oxygens (including phenoxy) is 3. The van der Waals surface area contributed by atoms with Crippen molar-refractivity contribution in [2.75, 3.05) is 24.7 Å². The first-order valence-electron chi connectivity index (χ1n) is 12.5. The lowest BCUT2D eigenvalue weighted by atomic mass is 10.1.